The maximum atomic E-state index is 4.57. The Hall–Kier alpha value is -1.55. The van der Waals surface area contributed by atoms with E-state index in [2.05, 4.69) is 27.9 Å². The third-order valence-corrected chi connectivity index (χ3v) is 3.55. The zero-order chi connectivity index (χ0) is 10.4. The van der Waals surface area contributed by atoms with Crippen LogP contribution in [0.15, 0.2) is 18.5 Å². The van der Waals surface area contributed by atoms with E-state index in [4.69, 9.17) is 0 Å². The van der Waals surface area contributed by atoms with Gasteiger partial charge >= 0.3 is 0 Å². The highest BCUT2D eigenvalue weighted by molar-refractivity contribution is 7.25. The van der Waals surface area contributed by atoms with Gasteiger partial charge in [-0.25, -0.2) is 15.0 Å². The molecule has 3 heterocycles. The number of aromatic nitrogens is 3. The average molecular weight is 215 g/mol. The van der Waals surface area contributed by atoms with Crippen LogP contribution >= 0.6 is 11.3 Å². The fourth-order valence-electron chi connectivity index (χ4n) is 1.59. The van der Waals surface area contributed by atoms with Gasteiger partial charge in [-0.15, -0.1) is 11.3 Å². The lowest BCUT2D eigenvalue weighted by Gasteiger charge is -1.97. The number of hydrogen-bond donors (Lipinski definition) is 0. The van der Waals surface area contributed by atoms with Gasteiger partial charge in [-0.2, -0.15) is 0 Å². The zero-order valence-electron chi connectivity index (χ0n) is 8.48. The molecule has 0 fully saturated rings. The molecule has 3 nitrogen and oxygen atoms in total. The van der Waals surface area contributed by atoms with Gasteiger partial charge in [0, 0.05) is 18.1 Å². The van der Waals surface area contributed by atoms with Crippen molar-refractivity contribution in [1.82, 2.24) is 15.0 Å². The first-order valence-corrected chi connectivity index (χ1v) is 5.55. The maximum Gasteiger partial charge on any atom is 0.144 e. The molecule has 74 valence electrons. The SMILES string of the molecule is Cc1cc2sc3nccnc3c2nc1C. The molecule has 0 atom stereocenters. The van der Waals surface area contributed by atoms with E-state index in [9.17, 15) is 0 Å². The van der Waals surface area contributed by atoms with Gasteiger partial charge in [0.25, 0.3) is 0 Å². The van der Waals surface area contributed by atoms with Crippen LogP contribution in [0.25, 0.3) is 20.6 Å². The topological polar surface area (TPSA) is 38.7 Å². The van der Waals surface area contributed by atoms with Gasteiger partial charge in [0.2, 0.25) is 0 Å². The number of hydrogen-bond acceptors (Lipinski definition) is 4. The summed E-state index contributed by atoms with van der Waals surface area (Å²) >= 11 is 1.65. The van der Waals surface area contributed by atoms with E-state index in [1.165, 1.54) is 10.3 Å². The molecular weight excluding hydrogens is 206 g/mol. The number of fused-ring (bicyclic) bond motifs is 3. The molecule has 0 amide bonds. The highest BCUT2D eigenvalue weighted by atomic mass is 32.1. The van der Waals surface area contributed by atoms with Crippen LogP contribution in [0.2, 0.25) is 0 Å². The van der Waals surface area contributed by atoms with E-state index in [0.29, 0.717) is 0 Å². The second kappa shape index (κ2) is 2.97. The van der Waals surface area contributed by atoms with Gasteiger partial charge in [0.05, 0.1) is 4.70 Å². The summed E-state index contributed by atoms with van der Waals surface area (Å²) in [5.41, 5.74) is 4.17. The molecule has 0 spiro atoms. The van der Waals surface area contributed by atoms with Crippen molar-refractivity contribution in [3.05, 3.63) is 29.7 Å². The lowest BCUT2D eigenvalue weighted by molar-refractivity contribution is 1.20. The minimum atomic E-state index is 0.917. The van der Waals surface area contributed by atoms with Gasteiger partial charge in [-0.05, 0) is 25.5 Å². The highest BCUT2D eigenvalue weighted by Gasteiger charge is 2.09. The first-order chi connectivity index (χ1) is 7.25. The molecule has 0 aliphatic carbocycles. The number of aryl methyl sites for hydroxylation is 2. The van der Waals surface area contributed by atoms with Crippen molar-refractivity contribution < 1.29 is 0 Å². The van der Waals surface area contributed by atoms with Crippen LogP contribution in [-0.4, -0.2) is 15.0 Å². The van der Waals surface area contributed by atoms with E-state index < -0.39 is 0 Å². The maximum absolute atomic E-state index is 4.57. The van der Waals surface area contributed by atoms with Crippen LogP contribution in [0.1, 0.15) is 11.3 Å². The van der Waals surface area contributed by atoms with Crippen LogP contribution in [0.3, 0.4) is 0 Å². The molecule has 0 aliphatic rings. The first kappa shape index (κ1) is 8.73. The van der Waals surface area contributed by atoms with Crippen molar-refractivity contribution in [3.63, 3.8) is 0 Å². The molecule has 0 aromatic carbocycles. The van der Waals surface area contributed by atoms with Crippen molar-refractivity contribution >= 4 is 31.9 Å². The molecule has 4 heteroatoms. The fourth-order valence-corrected chi connectivity index (χ4v) is 2.64. The van der Waals surface area contributed by atoms with E-state index in [1.807, 2.05) is 6.92 Å². The Kier molecular flexibility index (Phi) is 1.73. The molecule has 3 rings (SSSR count). The summed E-state index contributed by atoms with van der Waals surface area (Å²) in [5, 5.41) is 0. The van der Waals surface area contributed by atoms with Crippen LogP contribution < -0.4 is 0 Å². The minimum absolute atomic E-state index is 0.917. The highest BCUT2D eigenvalue weighted by Crippen LogP contribution is 2.30. The van der Waals surface area contributed by atoms with Crippen molar-refractivity contribution in [3.8, 4) is 0 Å². The molecule has 0 aliphatic heterocycles. The van der Waals surface area contributed by atoms with Crippen molar-refractivity contribution in [2.24, 2.45) is 0 Å². The fraction of sp³-hybridized carbons (Fsp3) is 0.182. The summed E-state index contributed by atoms with van der Waals surface area (Å²) < 4.78 is 1.17. The second-order valence-corrected chi connectivity index (χ2v) is 4.58. The van der Waals surface area contributed by atoms with E-state index in [1.54, 1.807) is 23.7 Å². The molecule has 3 aromatic heterocycles. The second-order valence-electron chi connectivity index (χ2n) is 3.55. The molecule has 0 unspecified atom stereocenters. The Balaban J connectivity index is 2.56. The molecule has 3 aromatic rings. The van der Waals surface area contributed by atoms with Crippen LogP contribution in [0, 0.1) is 13.8 Å². The first-order valence-electron chi connectivity index (χ1n) is 4.73. The zero-order valence-corrected chi connectivity index (χ0v) is 9.30. The quantitative estimate of drug-likeness (QED) is 0.578. The molecular formula is C11H9N3S. The Morgan fingerprint density at radius 1 is 1.07 bits per heavy atom. The van der Waals surface area contributed by atoms with Gasteiger partial charge < -0.3 is 0 Å². The van der Waals surface area contributed by atoms with Gasteiger partial charge in [0.15, 0.2) is 0 Å². The third-order valence-electron chi connectivity index (χ3n) is 2.53. The summed E-state index contributed by atoms with van der Waals surface area (Å²) in [5.74, 6) is 0. The molecule has 0 saturated heterocycles. The minimum Gasteiger partial charge on any atom is -0.250 e. The predicted octanol–water partition coefficient (Wildman–Crippen LogP) is 2.86. The standard InChI is InChI=1S/C11H9N3S/c1-6-5-8-9(14-7(6)2)10-11(15-8)13-4-3-12-10/h3-5H,1-2H3. The van der Waals surface area contributed by atoms with Crippen molar-refractivity contribution in [2.75, 3.05) is 0 Å². The number of thiophene rings is 1. The van der Waals surface area contributed by atoms with Crippen LogP contribution in [0.5, 0.6) is 0 Å². The summed E-state index contributed by atoms with van der Waals surface area (Å²) in [6.45, 7) is 4.10. The van der Waals surface area contributed by atoms with E-state index in [0.717, 1.165) is 21.6 Å². The van der Waals surface area contributed by atoms with Crippen LogP contribution in [0.4, 0.5) is 0 Å². The van der Waals surface area contributed by atoms with Crippen LogP contribution in [-0.2, 0) is 0 Å². The van der Waals surface area contributed by atoms with Crippen molar-refractivity contribution in [1.29, 1.82) is 0 Å². The lowest BCUT2D eigenvalue weighted by Crippen LogP contribution is -1.86. The summed E-state index contributed by atoms with van der Waals surface area (Å²) in [6, 6.07) is 2.16. The van der Waals surface area contributed by atoms with Crippen molar-refractivity contribution in [2.45, 2.75) is 13.8 Å². The molecule has 0 N–H and O–H groups in total. The average Bonchev–Trinajstić information content (AvgIpc) is 2.57. The normalized spacial score (nSPS) is 11.3. The molecule has 0 bridgehead atoms. The monoisotopic (exact) mass is 215 g/mol. The Bertz CT molecular complexity index is 657. The molecule has 15 heavy (non-hydrogen) atoms. The van der Waals surface area contributed by atoms with Gasteiger partial charge in [0.1, 0.15) is 15.9 Å². The largest absolute Gasteiger partial charge is 0.250 e. The smallest absolute Gasteiger partial charge is 0.144 e. The van der Waals surface area contributed by atoms with E-state index in [-0.39, 0.29) is 0 Å². The summed E-state index contributed by atoms with van der Waals surface area (Å²) in [4.78, 5) is 14.2. The molecule has 0 saturated carbocycles. The summed E-state index contributed by atoms with van der Waals surface area (Å²) in [6.07, 6.45) is 3.43. The lowest BCUT2D eigenvalue weighted by atomic mass is 10.2. The Morgan fingerprint density at radius 2 is 1.87 bits per heavy atom. The Labute approximate surface area is 90.8 Å². The number of pyridine rings is 1. The van der Waals surface area contributed by atoms with Gasteiger partial charge in [-0.3, -0.25) is 0 Å². The predicted molar refractivity (Wildman–Crippen MR) is 62.2 cm³/mol. The van der Waals surface area contributed by atoms with Gasteiger partial charge in [-0.1, -0.05) is 0 Å². The summed E-state index contributed by atoms with van der Waals surface area (Å²) in [7, 11) is 0. The Morgan fingerprint density at radius 3 is 2.73 bits per heavy atom. The van der Waals surface area contributed by atoms with E-state index >= 15 is 0 Å². The number of rotatable bonds is 0. The third kappa shape index (κ3) is 1.22. The molecule has 0 radical (unpaired) electrons. The number of nitrogens with zero attached hydrogens (tertiary/aromatic N) is 3.